The molecule has 64 heavy (non-hydrogen) atoms. The molecular weight excluding hydrogens is 842 g/mol. The van der Waals surface area contributed by atoms with Crippen LogP contribution in [0.3, 0.4) is 0 Å². The van der Waals surface area contributed by atoms with Crippen LogP contribution < -0.4 is 31.9 Å². The summed E-state index contributed by atoms with van der Waals surface area (Å²) in [6, 6.07) is -5.01. The monoisotopic (exact) mass is 905 g/mol. The second-order valence-corrected chi connectivity index (χ2v) is 14.4. The molecule has 22 heteroatoms. The van der Waals surface area contributed by atoms with E-state index in [1.165, 1.54) is 41.5 Å². The van der Waals surface area contributed by atoms with E-state index < -0.39 is 72.0 Å². The van der Waals surface area contributed by atoms with Gasteiger partial charge in [-0.1, -0.05) is 39.5 Å². The van der Waals surface area contributed by atoms with Crippen molar-refractivity contribution in [2.75, 3.05) is 78.9 Å². The number of carbonyl (C=O) groups is 9. The predicted molar refractivity (Wildman–Crippen MR) is 232 cm³/mol. The molecule has 0 rings (SSSR count). The molecule has 0 aliphatic heterocycles. The van der Waals surface area contributed by atoms with Crippen LogP contribution in [0.25, 0.3) is 0 Å². The number of carbonyl (C=O) groups excluding carboxylic acids is 9. The first-order valence-electron chi connectivity index (χ1n) is 19.7. The van der Waals surface area contributed by atoms with Gasteiger partial charge >= 0.3 is 53.9 Å². The van der Waals surface area contributed by atoms with Crippen LogP contribution in [-0.4, -0.2) is 156 Å². The molecule has 0 saturated heterocycles. The smallest absolute Gasteiger partial charge is 0.333 e. The molecule has 0 aliphatic rings. The molecule has 0 aliphatic carbocycles. The zero-order valence-corrected chi connectivity index (χ0v) is 37.5. The minimum atomic E-state index is -0.956. The molecule has 0 bridgehead atoms. The first-order chi connectivity index (χ1) is 29.9. The van der Waals surface area contributed by atoms with Gasteiger partial charge in [0.1, 0.15) is 39.6 Å². The Kier molecular flexibility index (Phi) is 27.6. The number of hydrogen-bond donors (Lipinski definition) is 6. The van der Waals surface area contributed by atoms with E-state index in [1.807, 2.05) is 0 Å². The normalized spacial score (nSPS) is 10.4. The summed E-state index contributed by atoms with van der Waals surface area (Å²) in [6.07, 6.45) is 0. The van der Waals surface area contributed by atoms with Crippen molar-refractivity contribution in [2.24, 2.45) is 0 Å². The average molecular weight is 906 g/mol. The molecule has 0 spiro atoms. The molecular formula is C42H63N7O15. The average Bonchev–Trinajstić information content (AvgIpc) is 3.22. The summed E-state index contributed by atoms with van der Waals surface area (Å²) in [6.45, 7) is 28.0. The summed E-state index contributed by atoms with van der Waals surface area (Å²) < 4.78 is 30.8. The highest BCUT2D eigenvalue weighted by Crippen LogP contribution is 2.02. The van der Waals surface area contributed by atoms with E-state index in [0.717, 1.165) is 0 Å². The zero-order valence-electron chi connectivity index (χ0n) is 37.5. The number of nitrogens with one attached hydrogen (secondary N) is 6. The Bertz CT molecular complexity index is 1490. The maximum Gasteiger partial charge on any atom is 0.333 e. The Hall–Kier alpha value is -6.97. The lowest BCUT2D eigenvalue weighted by Gasteiger charge is -2.25. The molecule has 0 aromatic heterocycles. The van der Waals surface area contributed by atoms with Crippen molar-refractivity contribution in [3.05, 3.63) is 72.9 Å². The summed E-state index contributed by atoms with van der Waals surface area (Å²) in [5, 5.41) is 15.6. The van der Waals surface area contributed by atoms with Crippen molar-refractivity contribution < 1.29 is 71.6 Å². The first kappa shape index (κ1) is 57.0. The molecule has 0 saturated carbocycles. The van der Waals surface area contributed by atoms with Gasteiger partial charge in [0.05, 0.1) is 18.1 Å². The second-order valence-electron chi connectivity index (χ2n) is 14.4. The van der Waals surface area contributed by atoms with Gasteiger partial charge in [-0.3, -0.25) is 4.90 Å². The molecule has 356 valence electrons. The van der Waals surface area contributed by atoms with E-state index in [2.05, 4.69) is 71.4 Å². The lowest BCUT2D eigenvalue weighted by molar-refractivity contribution is -0.144. The minimum Gasteiger partial charge on any atom is -0.460 e. The van der Waals surface area contributed by atoms with Gasteiger partial charge in [-0.15, -0.1) is 0 Å². The van der Waals surface area contributed by atoms with Crippen LogP contribution in [0.15, 0.2) is 72.9 Å². The quantitative estimate of drug-likeness (QED) is 0.0333. The van der Waals surface area contributed by atoms with Gasteiger partial charge in [0.15, 0.2) is 0 Å². The Morgan fingerprint density at radius 3 is 0.688 bits per heavy atom. The Labute approximate surface area is 373 Å². The standard InChI is InChI=1S/C42H63N7O15/c1-25(2)34(50)59-19-31(20-60-35(51)26(3)4)46-40(56)43-13-16-49(17-14-44-41(57)47-32(21-61-36(52)27(5)6)22-62-37(53)28(7)8)18-15-45-42(58)48-33(23-63-38(54)29(9)10)24-64-39(55)30(11)12/h31-33H,1,3,5,7,9,11,13-24H2,2,4,6,8,10,12H3,(H2,43,46,56)(H2,44,47,57)(H2,45,48,58). The number of urea groups is 3. The maximum absolute atomic E-state index is 12.9. The van der Waals surface area contributed by atoms with Gasteiger partial charge < -0.3 is 60.3 Å². The SMILES string of the molecule is C=C(C)C(=O)OCC(COC(=O)C(=C)C)NC(=O)NCCN(CCNC(=O)NC(COC(=O)C(=C)C)COC(=O)C(=C)C)CCNC(=O)NC(COC(=O)C(=C)C)COC(=O)C(=C)C. The number of amides is 6. The van der Waals surface area contributed by atoms with Gasteiger partial charge in [-0.25, -0.2) is 43.2 Å². The lowest BCUT2D eigenvalue weighted by atomic mass is 10.3. The number of ether oxygens (including phenoxy) is 6. The molecule has 0 aromatic rings. The van der Waals surface area contributed by atoms with E-state index >= 15 is 0 Å². The molecule has 0 fully saturated rings. The van der Waals surface area contributed by atoms with Crippen LogP contribution in [0.2, 0.25) is 0 Å². The lowest BCUT2D eigenvalue weighted by Crippen LogP contribution is -2.51. The first-order valence-corrected chi connectivity index (χ1v) is 19.7. The van der Waals surface area contributed by atoms with E-state index in [4.69, 9.17) is 28.4 Å². The van der Waals surface area contributed by atoms with Gasteiger partial charge in [0, 0.05) is 72.7 Å². The van der Waals surface area contributed by atoms with E-state index in [0.29, 0.717) is 0 Å². The molecule has 0 atom stereocenters. The number of hydrogen-bond acceptors (Lipinski definition) is 16. The topological polar surface area (TPSA) is 284 Å². The third-order valence-electron chi connectivity index (χ3n) is 7.73. The van der Waals surface area contributed by atoms with Crippen molar-refractivity contribution in [1.29, 1.82) is 0 Å². The number of esters is 6. The minimum absolute atomic E-state index is 0.00253. The third kappa shape index (κ3) is 27.1. The van der Waals surface area contributed by atoms with Gasteiger partial charge in [0.2, 0.25) is 0 Å². The fourth-order valence-corrected chi connectivity index (χ4v) is 4.22. The molecule has 22 nitrogen and oxygen atoms in total. The van der Waals surface area contributed by atoms with Crippen LogP contribution in [-0.2, 0) is 57.2 Å². The van der Waals surface area contributed by atoms with Crippen molar-refractivity contribution in [2.45, 2.75) is 59.7 Å². The van der Waals surface area contributed by atoms with E-state index in [-0.39, 0.29) is 112 Å². The van der Waals surface area contributed by atoms with Crippen LogP contribution in [0.1, 0.15) is 41.5 Å². The Morgan fingerprint density at radius 2 is 0.531 bits per heavy atom. The summed E-state index contributed by atoms with van der Waals surface area (Å²) >= 11 is 0. The maximum atomic E-state index is 12.9. The van der Waals surface area contributed by atoms with Crippen LogP contribution in [0.5, 0.6) is 0 Å². The van der Waals surface area contributed by atoms with Gasteiger partial charge in [-0.05, 0) is 41.5 Å². The second kappa shape index (κ2) is 31.0. The molecule has 0 heterocycles. The highest BCUT2D eigenvalue weighted by atomic mass is 16.6. The van der Waals surface area contributed by atoms with E-state index in [9.17, 15) is 43.2 Å². The van der Waals surface area contributed by atoms with Gasteiger partial charge in [0.25, 0.3) is 0 Å². The Morgan fingerprint density at radius 1 is 0.359 bits per heavy atom. The fraction of sp³-hybridized carbons (Fsp3) is 0.500. The zero-order chi connectivity index (χ0) is 48.9. The van der Waals surface area contributed by atoms with Crippen LogP contribution in [0.4, 0.5) is 14.4 Å². The number of rotatable bonds is 30. The van der Waals surface area contributed by atoms with Crippen molar-refractivity contribution in [3.8, 4) is 0 Å². The van der Waals surface area contributed by atoms with Crippen molar-refractivity contribution in [3.63, 3.8) is 0 Å². The highest BCUT2D eigenvalue weighted by molar-refractivity contribution is 5.89. The molecule has 0 aromatic carbocycles. The molecule has 0 unspecified atom stereocenters. The van der Waals surface area contributed by atoms with E-state index in [1.54, 1.807) is 4.90 Å². The largest absolute Gasteiger partial charge is 0.460 e. The van der Waals surface area contributed by atoms with Crippen LogP contribution >= 0.6 is 0 Å². The summed E-state index contributed by atoms with van der Waals surface area (Å²) in [5.74, 6) is -4.34. The van der Waals surface area contributed by atoms with Gasteiger partial charge in [-0.2, -0.15) is 0 Å². The summed E-state index contributed by atoms with van der Waals surface area (Å²) in [4.78, 5) is 112. The third-order valence-corrected chi connectivity index (χ3v) is 7.73. The highest BCUT2D eigenvalue weighted by Gasteiger charge is 2.21. The molecule has 6 amide bonds. The molecule has 0 radical (unpaired) electrons. The fourth-order valence-electron chi connectivity index (χ4n) is 4.22. The predicted octanol–water partition coefficient (Wildman–Crippen LogP) is 1.01. The number of nitrogens with zero attached hydrogens (tertiary/aromatic N) is 1. The molecule has 6 N–H and O–H groups in total. The summed E-state index contributed by atoms with van der Waals surface area (Å²) in [5.41, 5.74) is 0.679. The van der Waals surface area contributed by atoms with Crippen molar-refractivity contribution in [1.82, 2.24) is 36.8 Å². The van der Waals surface area contributed by atoms with Crippen molar-refractivity contribution >= 4 is 53.9 Å². The Balaban J connectivity index is 5.84. The van der Waals surface area contributed by atoms with Crippen LogP contribution in [0, 0.1) is 0 Å². The summed E-state index contributed by atoms with van der Waals surface area (Å²) in [7, 11) is 0.